The fourth-order valence-corrected chi connectivity index (χ4v) is 3.29. The summed E-state index contributed by atoms with van der Waals surface area (Å²) in [5, 5.41) is 5.63. The molecule has 3 aromatic carbocycles. The lowest BCUT2D eigenvalue weighted by Gasteiger charge is -2.16. The van der Waals surface area contributed by atoms with Crippen LogP contribution in [0.1, 0.15) is 35.7 Å². The molecule has 3 rings (SSSR count). The van der Waals surface area contributed by atoms with E-state index in [-0.39, 0.29) is 11.8 Å². The minimum Gasteiger partial charge on any atom is -0.494 e. The number of benzene rings is 3. The summed E-state index contributed by atoms with van der Waals surface area (Å²) in [5.41, 5.74) is 2.14. The summed E-state index contributed by atoms with van der Waals surface area (Å²) in [7, 11) is 2.97. The Hall–Kier alpha value is -4.26. The molecule has 0 aliphatic heterocycles. The Morgan fingerprint density at radius 2 is 1.46 bits per heavy atom. The predicted molar refractivity (Wildman–Crippen MR) is 138 cm³/mol. The van der Waals surface area contributed by atoms with Gasteiger partial charge in [-0.25, -0.2) is 0 Å². The van der Waals surface area contributed by atoms with E-state index in [2.05, 4.69) is 17.6 Å². The smallest absolute Gasteiger partial charge is 0.255 e. The van der Waals surface area contributed by atoms with E-state index in [0.717, 1.165) is 24.2 Å². The molecule has 7 nitrogen and oxygen atoms in total. The Morgan fingerprint density at radius 1 is 0.829 bits per heavy atom. The van der Waals surface area contributed by atoms with Crippen LogP contribution < -0.4 is 24.8 Å². The highest BCUT2D eigenvalue weighted by Crippen LogP contribution is 2.36. The molecule has 0 saturated heterocycles. The molecular weight excluding hydrogens is 444 g/mol. The zero-order chi connectivity index (χ0) is 25.0. The largest absolute Gasteiger partial charge is 0.494 e. The van der Waals surface area contributed by atoms with Crippen LogP contribution in [0, 0.1) is 0 Å². The van der Waals surface area contributed by atoms with Crippen LogP contribution in [0.25, 0.3) is 6.08 Å². The summed E-state index contributed by atoms with van der Waals surface area (Å²) in [4.78, 5) is 25.2. The second kappa shape index (κ2) is 12.8. The molecule has 0 aromatic heterocycles. The van der Waals surface area contributed by atoms with Crippen LogP contribution in [0.2, 0.25) is 0 Å². The second-order valence-corrected chi connectivity index (χ2v) is 7.64. The van der Waals surface area contributed by atoms with E-state index in [0.29, 0.717) is 35.0 Å². The third kappa shape index (κ3) is 7.11. The van der Waals surface area contributed by atoms with Gasteiger partial charge in [0, 0.05) is 29.3 Å². The van der Waals surface area contributed by atoms with E-state index in [1.807, 2.05) is 30.3 Å². The molecule has 0 saturated carbocycles. The van der Waals surface area contributed by atoms with Crippen molar-refractivity contribution in [2.45, 2.75) is 19.8 Å². The number of anilines is 2. The summed E-state index contributed by atoms with van der Waals surface area (Å²) in [6, 6.07) is 19.6. The van der Waals surface area contributed by atoms with Crippen LogP contribution in [0.15, 0.2) is 72.8 Å². The number of nitrogens with one attached hydrogen (secondary N) is 2. The summed E-state index contributed by atoms with van der Waals surface area (Å²) >= 11 is 0. The highest BCUT2D eigenvalue weighted by atomic mass is 16.5. The first-order valence-electron chi connectivity index (χ1n) is 11.4. The molecule has 0 radical (unpaired) electrons. The Morgan fingerprint density at radius 3 is 2.11 bits per heavy atom. The van der Waals surface area contributed by atoms with Gasteiger partial charge in [-0.05, 0) is 30.7 Å². The molecule has 35 heavy (non-hydrogen) atoms. The minimum absolute atomic E-state index is 0.287. The standard InChI is InChI=1S/C28H30N2O5/c1-4-5-17-35-24-14-10-9-11-20(24)15-16-27(31)29-22-18-26(34-3)23(19-25(22)33-2)30-28(32)21-12-7-6-8-13-21/h6-16,18-19H,4-5,17H2,1-3H3,(H,29,31)(H,30,32)/b16-15+. The van der Waals surface area contributed by atoms with Gasteiger partial charge in [0.15, 0.2) is 0 Å². The van der Waals surface area contributed by atoms with Crippen molar-refractivity contribution in [1.82, 2.24) is 0 Å². The van der Waals surface area contributed by atoms with Gasteiger partial charge in [-0.2, -0.15) is 0 Å². The summed E-state index contributed by atoms with van der Waals surface area (Å²) in [5.74, 6) is 0.839. The van der Waals surface area contributed by atoms with Crippen LogP contribution in [0.5, 0.6) is 17.2 Å². The molecule has 2 amide bonds. The van der Waals surface area contributed by atoms with Crippen molar-refractivity contribution in [1.29, 1.82) is 0 Å². The lowest BCUT2D eigenvalue weighted by Crippen LogP contribution is -2.14. The maximum absolute atomic E-state index is 12.7. The molecule has 0 atom stereocenters. The molecule has 0 unspecified atom stereocenters. The van der Waals surface area contributed by atoms with Gasteiger partial charge in [-0.3, -0.25) is 9.59 Å². The van der Waals surface area contributed by atoms with Crippen molar-refractivity contribution < 1.29 is 23.8 Å². The van der Waals surface area contributed by atoms with Crippen molar-refractivity contribution in [3.8, 4) is 17.2 Å². The van der Waals surface area contributed by atoms with Gasteiger partial charge in [0.05, 0.1) is 32.2 Å². The van der Waals surface area contributed by atoms with Crippen molar-refractivity contribution in [3.05, 3.63) is 83.9 Å². The van der Waals surface area contributed by atoms with Crippen molar-refractivity contribution in [2.24, 2.45) is 0 Å². The number of amides is 2. The van der Waals surface area contributed by atoms with E-state index >= 15 is 0 Å². The molecule has 0 aliphatic carbocycles. The number of hydrogen-bond acceptors (Lipinski definition) is 5. The van der Waals surface area contributed by atoms with Gasteiger partial charge in [0.25, 0.3) is 5.91 Å². The molecule has 0 heterocycles. The topological polar surface area (TPSA) is 85.9 Å². The van der Waals surface area contributed by atoms with Crippen molar-refractivity contribution >= 4 is 29.3 Å². The van der Waals surface area contributed by atoms with Crippen molar-refractivity contribution in [2.75, 3.05) is 31.5 Å². The summed E-state index contributed by atoms with van der Waals surface area (Å²) in [6.45, 7) is 2.73. The number of carbonyl (C=O) groups is 2. The number of carbonyl (C=O) groups excluding carboxylic acids is 2. The van der Waals surface area contributed by atoms with E-state index in [4.69, 9.17) is 14.2 Å². The number of rotatable bonds is 11. The van der Waals surface area contributed by atoms with E-state index in [9.17, 15) is 9.59 Å². The monoisotopic (exact) mass is 474 g/mol. The number of ether oxygens (including phenoxy) is 3. The van der Waals surface area contributed by atoms with E-state index < -0.39 is 0 Å². The van der Waals surface area contributed by atoms with Gasteiger partial charge >= 0.3 is 0 Å². The third-order valence-electron chi connectivity index (χ3n) is 5.15. The Bertz CT molecular complexity index is 1180. The zero-order valence-electron chi connectivity index (χ0n) is 20.2. The number of hydrogen-bond donors (Lipinski definition) is 2. The van der Waals surface area contributed by atoms with Crippen LogP contribution >= 0.6 is 0 Å². The second-order valence-electron chi connectivity index (χ2n) is 7.64. The first-order valence-corrected chi connectivity index (χ1v) is 11.4. The quantitative estimate of drug-likeness (QED) is 0.271. The molecule has 182 valence electrons. The molecule has 0 bridgehead atoms. The SMILES string of the molecule is CCCCOc1ccccc1/C=C/C(=O)Nc1cc(OC)c(NC(=O)c2ccccc2)cc1OC. The predicted octanol–water partition coefficient (Wildman–Crippen LogP) is 5.79. The molecular formula is C28H30N2O5. The van der Waals surface area contributed by atoms with Gasteiger partial charge in [0.1, 0.15) is 17.2 Å². The molecule has 0 fully saturated rings. The Labute approximate surface area is 205 Å². The number of methoxy groups -OCH3 is 2. The number of para-hydroxylation sites is 1. The van der Waals surface area contributed by atoms with Gasteiger partial charge in [-0.1, -0.05) is 49.7 Å². The van der Waals surface area contributed by atoms with Crippen LogP contribution in [-0.2, 0) is 4.79 Å². The van der Waals surface area contributed by atoms with E-state index in [1.165, 1.54) is 20.3 Å². The minimum atomic E-state index is -0.352. The molecule has 0 spiro atoms. The Kier molecular flexibility index (Phi) is 9.31. The first kappa shape index (κ1) is 25.4. The van der Waals surface area contributed by atoms with Crippen LogP contribution in [0.3, 0.4) is 0 Å². The molecule has 3 aromatic rings. The average molecular weight is 475 g/mol. The average Bonchev–Trinajstić information content (AvgIpc) is 2.89. The summed E-state index contributed by atoms with van der Waals surface area (Å²) in [6.07, 6.45) is 5.14. The zero-order valence-corrected chi connectivity index (χ0v) is 20.2. The van der Waals surface area contributed by atoms with Gasteiger partial charge in [-0.15, -0.1) is 0 Å². The molecule has 2 N–H and O–H groups in total. The van der Waals surface area contributed by atoms with E-state index in [1.54, 1.807) is 42.5 Å². The summed E-state index contributed by atoms with van der Waals surface area (Å²) < 4.78 is 16.7. The fraction of sp³-hybridized carbons (Fsp3) is 0.214. The third-order valence-corrected chi connectivity index (χ3v) is 5.15. The first-order chi connectivity index (χ1) is 17.0. The highest BCUT2D eigenvalue weighted by Gasteiger charge is 2.15. The maximum atomic E-state index is 12.7. The van der Waals surface area contributed by atoms with Gasteiger partial charge in [0.2, 0.25) is 5.91 Å². The van der Waals surface area contributed by atoms with Crippen LogP contribution in [-0.4, -0.2) is 32.6 Å². The lowest BCUT2D eigenvalue weighted by molar-refractivity contribution is -0.111. The lowest BCUT2D eigenvalue weighted by atomic mass is 10.1. The van der Waals surface area contributed by atoms with Crippen LogP contribution in [0.4, 0.5) is 11.4 Å². The van der Waals surface area contributed by atoms with Crippen molar-refractivity contribution in [3.63, 3.8) is 0 Å². The number of unbranched alkanes of at least 4 members (excludes halogenated alkanes) is 1. The molecule has 0 aliphatic rings. The van der Waals surface area contributed by atoms with Gasteiger partial charge < -0.3 is 24.8 Å². The Balaban J connectivity index is 1.75. The highest BCUT2D eigenvalue weighted by molar-refractivity contribution is 6.06. The molecule has 7 heteroatoms. The normalized spacial score (nSPS) is 10.6. The fourth-order valence-electron chi connectivity index (χ4n) is 3.29. The maximum Gasteiger partial charge on any atom is 0.255 e.